The van der Waals surface area contributed by atoms with Gasteiger partial charge in [0.15, 0.2) is 0 Å². The van der Waals surface area contributed by atoms with Gasteiger partial charge in [0.05, 0.1) is 9.40 Å². The molecule has 0 bridgehead atoms. The van der Waals surface area contributed by atoms with Crippen molar-refractivity contribution in [2.24, 2.45) is 11.7 Å². The van der Waals surface area contributed by atoms with E-state index in [4.69, 9.17) is 5.73 Å². The molecule has 0 unspecified atom stereocenters. The van der Waals surface area contributed by atoms with Gasteiger partial charge in [0.1, 0.15) is 11.5 Å². The van der Waals surface area contributed by atoms with Crippen LogP contribution in [0.2, 0.25) is 0 Å². The maximum atomic E-state index is 13.6. The van der Waals surface area contributed by atoms with Gasteiger partial charge in [-0.2, -0.15) is 0 Å². The molecule has 7 heteroatoms. The first-order valence-electron chi connectivity index (χ1n) is 6.11. The third-order valence-electron chi connectivity index (χ3n) is 3.50. The Balaban J connectivity index is 2.29. The zero-order chi connectivity index (χ0) is 14.0. The van der Waals surface area contributed by atoms with Crippen LogP contribution in [0, 0.1) is 21.8 Å². The van der Waals surface area contributed by atoms with Gasteiger partial charge < -0.3 is 10.6 Å². The van der Waals surface area contributed by atoms with Crippen molar-refractivity contribution in [2.45, 2.75) is 12.8 Å². The summed E-state index contributed by atoms with van der Waals surface area (Å²) >= 11 is 2.98. The first-order chi connectivity index (χ1) is 9.02. The lowest BCUT2D eigenvalue weighted by Gasteiger charge is -2.32. The molecule has 1 aromatic carbocycles. The molecule has 1 aromatic rings. The highest BCUT2D eigenvalue weighted by Crippen LogP contribution is 2.35. The van der Waals surface area contributed by atoms with Gasteiger partial charge in [0.25, 0.3) is 5.69 Å². The minimum atomic E-state index is -0.485. The molecule has 0 atom stereocenters. The second kappa shape index (κ2) is 5.83. The van der Waals surface area contributed by atoms with E-state index in [1.807, 2.05) is 4.90 Å². The summed E-state index contributed by atoms with van der Waals surface area (Å²) in [4.78, 5) is 12.4. The van der Waals surface area contributed by atoms with Crippen LogP contribution in [0.15, 0.2) is 16.6 Å². The Bertz CT molecular complexity index is 490. The Kier molecular flexibility index (Phi) is 4.36. The third kappa shape index (κ3) is 3.03. The van der Waals surface area contributed by atoms with Crippen molar-refractivity contribution in [3.8, 4) is 0 Å². The standard InChI is InChI=1S/C12H15BrFN3O2/c13-9-5-12(17(18)19)11(6-10(9)14)16-3-1-8(7-15)2-4-16/h5-6,8H,1-4,7,15H2. The number of halogens is 2. The fourth-order valence-electron chi connectivity index (χ4n) is 2.33. The summed E-state index contributed by atoms with van der Waals surface area (Å²) in [6.45, 7) is 1.97. The number of benzene rings is 1. The number of nitrogens with two attached hydrogens (primary N) is 1. The summed E-state index contributed by atoms with van der Waals surface area (Å²) < 4.78 is 13.7. The quantitative estimate of drug-likeness (QED) is 0.682. The van der Waals surface area contributed by atoms with E-state index >= 15 is 0 Å². The molecule has 5 nitrogen and oxygen atoms in total. The van der Waals surface area contributed by atoms with Crippen LogP contribution in [0.3, 0.4) is 0 Å². The van der Waals surface area contributed by atoms with Crippen LogP contribution in [0.1, 0.15) is 12.8 Å². The van der Waals surface area contributed by atoms with Gasteiger partial charge in [0.2, 0.25) is 0 Å². The zero-order valence-electron chi connectivity index (χ0n) is 10.3. The molecule has 1 aliphatic heterocycles. The molecule has 1 saturated heterocycles. The summed E-state index contributed by atoms with van der Waals surface area (Å²) in [5.74, 6) is -0.0304. The molecular weight excluding hydrogens is 317 g/mol. The topological polar surface area (TPSA) is 72.4 Å². The van der Waals surface area contributed by atoms with Crippen LogP contribution >= 0.6 is 15.9 Å². The lowest BCUT2D eigenvalue weighted by molar-refractivity contribution is -0.384. The van der Waals surface area contributed by atoms with E-state index in [0.29, 0.717) is 31.2 Å². The number of nitro groups is 1. The fourth-order valence-corrected chi connectivity index (χ4v) is 2.67. The maximum Gasteiger partial charge on any atom is 0.293 e. The summed E-state index contributed by atoms with van der Waals surface area (Å²) in [5.41, 5.74) is 5.89. The second-order valence-electron chi connectivity index (χ2n) is 4.68. The molecule has 0 radical (unpaired) electrons. The highest BCUT2D eigenvalue weighted by Gasteiger charge is 2.25. The Hall–Kier alpha value is -1.21. The van der Waals surface area contributed by atoms with Gasteiger partial charge in [0, 0.05) is 25.2 Å². The molecule has 2 rings (SSSR count). The minimum Gasteiger partial charge on any atom is -0.366 e. The predicted octanol–water partition coefficient (Wildman–Crippen LogP) is 2.67. The van der Waals surface area contributed by atoms with E-state index < -0.39 is 10.7 Å². The molecule has 0 aliphatic carbocycles. The van der Waals surface area contributed by atoms with Crippen LogP contribution in [-0.4, -0.2) is 24.6 Å². The van der Waals surface area contributed by atoms with Crippen LogP contribution in [0.4, 0.5) is 15.8 Å². The molecule has 19 heavy (non-hydrogen) atoms. The fraction of sp³-hybridized carbons (Fsp3) is 0.500. The summed E-state index contributed by atoms with van der Waals surface area (Å²) in [6, 6.07) is 2.45. The molecule has 1 aliphatic rings. The molecule has 0 amide bonds. The van der Waals surface area contributed by atoms with Crippen LogP contribution < -0.4 is 10.6 Å². The third-order valence-corrected chi connectivity index (χ3v) is 4.11. The average molecular weight is 332 g/mol. The lowest BCUT2D eigenvalue weighted by atomic mass is 9.96. The minimum absolute atomic E-state index is 0.0699. The maximum absolute atomic E-state index is 13.6. The summed E-state index contributed by atoms with van der Waals surface area (Å²) in [6.07, 6.45) is 1.76. The van der Waals surface area contributed by atoms with Gasteiger partial charge in [-0.15, -0.1) is 0 Å². The van der Waals surface area contributed by atoms with Gasteiger partial charge >= 0.3 is 0 Å². The van der Waals surface area contributed by atoms with Crippen molar-refractivity contribution in [3.05, 3.63) is 32.5 Å². The Morgan fingerprint density at radius 2 is 2.11 bits per heavy atom. The van der Waals surface area contributed by atoms with Crippen molar-refractivity contribution < 1.29 is 9.31 Å². The average Bonchev–Trinajstić information content (AvgIpc) is 2.41. The first kappa shape index (κ1) is 14.2. The van der Waals surface area contributed by atoms with E-state index in [2.05, 4.69) is 15.9 Å². The highest BCUT2D eigenvalue weighted by atomic mass is 79.9. The molecule has 1 heterocycles. The first-order valence-corrected chi connectivity index (χ1v) is 6.90. The van der Waals surface area contributed by atoms with Gasteiger partial charge in [-0.1, -0.05) is 0 Å². The Morgan fingerprint density at radius 3 is 2.63 bits per heavy atom. The zero-order valence-corrected chi connectivity index (χ0v) is 11.9. The number of piperidine rings is 1. The van der Waals surface area contributed by atoms with Crippen LogP contribution in [-0.2, 0) is 0 Å². The molecule has 104 valence electrons. The molecule has 1 fully saturated rings. The monoisotopic (exact) mass is 331 g/mol. The van der Waals surface area contributed by atoms with Gasteiger partial charge in [-0.3, -0.25) is 10.1 Å². The lowest BCUT2D eigenvalue weighted by Crippen LogP contribution is -2.36. The van der Waals surface area contributed by atoms with Crippen molar-refractivity contribution >= 4 is 27.3 Å². The van der Waals surface area contributed by atoms with Gasteiger partial charge in [-0.25, -0.2) is 4.39 Å². The normalized spacial score (nSPS) is 16.7. The Labute approximate surface area is 118 Å². The number of nitro benzene ring substituents is 1. The van der Waals surface area contributed by atoms with Crippen molar-refractivity contribution in [1.82, 2.24) is 0 Å². The van der Waals surface area contributed by atoms with E-state index in [1.165, 1.54) is 12.1 Å². The Morgan fingerprint density at radius 1 is 1.47 bits per heavy atom. The van der Waals surface area contributed by atoms with Crippen molar-refractivity contribution in [3.63, 3.8) is 0 Å². The number of anilines is 1. The van der Waals surface area contributed by atoms with E-state index in [-0.39, 0.29) is 10.2 Å². The number of nitrogens with zero attached hydrogens (tertiary/aromatic N) is 2. The molecular formula is C12H15BrFN3O2. The smallest absolute Gasteiger partial charge is 0.293 e. The molecule has 2 N–H and O–H groups in total. The SMILES string of the molecule is NCC1CCN(c2cc(F)c(Br)cc2[N+](=O)[O-])CC1. The van der Waals surface area contributed by atoms with E-state index in [9.17, 15) is 14.5 Å². The highest BCUT2D eigenvalue weighted by molar-refractivity contribution is 9.10. The summed E-state index contributed by atoms with van der Waals surface area (Å²) in [7, 11) is 0. The number of rotatable bonds is 3. The second-order valence-corrected chi connectivity index (χ2v) is 5.53. The molecule has 0 saturated carbocycles. The van der Waals surface area contributed by atoms with E-state index in [1.54, 1.807) is 0 Å². The number of hydrogen-bond donors (Lipinski definition) is 1. The molecule has 0 spiro atoms. The van der Waals surface area contributed by atoms with E-state index in [0.717, 1.165) is 12.8 Å². The largest absolute Gasteiger partial charge is 0.366 e. The molecule has 0 aromatic heterocycles. The predicted molar refractivity (Wildman–Crippen MR) is 74.7 cm³/mol. The van der Waals surface area contributed by atoms with Crippen molar-refractivity contribution in [1.29, 1.82) is 0 Å². The van der Waals surface area contributed by atoms with Crippen molar-refractivity contribution in [2.75, 3.05) is 24.5 Å². The number of hydrogen-bond acceptors (Lipinski definition) is 4. The van der Waals surface area contributed by atoms with Crippen LogP contribution in [0.25, 0.3) is 0 Å². The van der Waals surface area contributed by atoms with Crippen LogP contribution in [0.5, 0.6) is 0 Å². The summed E-state index contributed by atoms with van der Waals surface area (Å²) in [5, 5.41) is 11.1. The van der Waals surface area contributed by atoms with Gasteiger partial charge in [-0.05, 0) is 41.2 Å².